The van der Waals surface area contributed by atoms with Crippen LogP contribution in [0.15, 0.2) is 48.5 Å². The van der Waals surface area contributed by atoms with E-state index in [2.05, 4.69) is 0 Å². The molecular weight excluding hydrogens is 455 g/mol. The summed E-state index contributed by atoms with van der Waals surface area (Å²) in [5.74, 6) is -1.31. The number of sulfone groups is 1. The lowest BCUT2D eigenvalue weighted by atomic mass is 10.1. The number of hydrogen-bond acceptors (Lipinski definition) is 3. The summed E-state index contributed by atoms with van der Waals surface area (Å²) in [7, 11) is -3.65. The Morgan fingerprint density at radius 1 is 0.742 bits per heavy atom. The molecule has 0 aliphatic heterocycles. The number of rotatable bonds is 14. The first kappa shape index (κ1) is 25.7. The van der Waals surface area contributed by atoms with E-state index in [1.165, 1.54) is 5.56 Å². The summed E-state index contributed by atoms with van der Waals surface area (Å²) in [5.41, 5.74) is 2.33. The van der Waals surface area contributed by atoms with Gasteiger partial charge in [-0.15, -0.1) is 0 Å². The van der Waals surface area contributed by atoms with Gasteiger partial charge in [-0.3, -0.25) is 4.79 Å². The first-order valence-corrected chi connectivity index (χ1v) is 13.2. The van der Waals surface area contributed by atoms with Gasteiger partial charge in [0.05, 0.1) is 5.75 Å². The summed E-state index contributed by atoms with van der Waals surface area (Å²) in [6.07, 6.45) is 6.25. The van der Waals surface area contributed by atoms with E-state index in [4.69, 9.17) is 23.2 Å². The van der Waals surface area contributed by atoms with E-state index in [1.807, 2.05) is 48.5 Å². The minimum atomic E-state index is -3.65. The quantitative estimate of drug-likeness (QED) is 0.315. The van der Waals surface area contributed by atoms with Crippen LogP contribution in [0, 0.1) is 0 Å². The molecule has 0 saturated heterocycles. The van der Waals surface area contributed by atoms with Crippen LogP contribution < -0.4 is 0 Å². The maximum absolute atomic E-state index is 12.6. The van der Waals surface area contributed by atoms with E-state index >= 15 is 0 Å². The van der Waals surface area contributed by atoms with Gasteiger partial charge < -0.3 is 5.11 Å². The van der Waals surface area contributed by atoms with Crippen LogP contribution in [0.3, 0.4) is 0 Å². The highest BCUT2D eigenvalue weighted by molar-refractivity contribution is 7.92. The Labute approximate surface area is 195 Å². The number of unbranched alkanes of at least 4 members (excludes halogenated alkanes) is 4. The molecule has 0 bridgehead atoms. The Morgan fingerprint density at radius 3 is 1.65 bits per heavy atom. The van der Waals surface area contributed by atoms with Crippen molar-refractivity contribution in [3.8, 4) is 0 Å². The van der Waals surface area contributed by atoms with Gasteiger partial charge in [-0.1, -0.05) is 66.7 Å². The maximum Gasteiger partial charge on any atom is 0.321 e. The van der Waals surface area contributed by atoms with Gasteiger partial charge in [-0.25, -0.2) is 8.42 Å². The standard InChI is InChI=1S/C24H30Cl2O4S/c25-21-14-10-19(11-15-21)7-3-1-5-9-23(24(27)28)31(29,30)18-6-2-4-8-20-12-16-22(26)17-13-20/h10-17,23H,1-9,18H2,(H,27,28). The molecule has 31 heavy (non-hydrogen) atoms. The van der Waals surface area contributed by atoms with Gasteiger partial charge in [0.2, 0.25) is 0 Å². The van der Waals surface area contributed by atoms with Crippen molar-refractivity contribution in [2.75, 3.05) is 5.75 Å². The molecule has 0 spiro atoms. The maximum atomic E-state index is 12.6. The van der Waals surface area contributed by atoms with Crippen LogP contribution in [0.2, 0.25) is 10.0 Å². The highest BCUT2D eigenvalue weighted by Crippen LogP contribution is 2.18. The molecule has 2 rings (SSSR count). The van der Waals surface area contributed by atoms with Crippen molar-refractivity contribution >= 4 is 39.0 Å². The van der Waals surface area contributed by atoms with E-state index in [0.29, 0.717) is 22.9 Å². The molecule has 2 aromatic carbocycles. The Balaban J connectivity index is 1.68. The number of aryl methyl sites for hydroxylation is 2. The third-order valence-corrected chi connectivity index (χ3v) is 8.03. The summed E-state index contributed by atoms with van der Waals surface area (Å²) < 4.78 is 25.1. The van der Waals surface area contributed by atoms with Gasteiger partial charge in [0.25, 0.3) is 0 Å². The summed E-state index contributed by atoms with van der Waals surface area (Å²) in [5, 5.41) is 9.53. The molecular formula is C24H30Cl2O4S. The molecule has 0 fully saturated rings. The van der Waals surface area contributed by atoms with Crippen LogP contribution >= 0.6 is 23.2 Å². The van der Waals surface area contributed by atoms with Crippen LogP contribution in [0.4, 0.5) is 0 Å². The first-order chi connectivity index (χ1) is 14.8. The van der Waals surface area contributed by atoms with Gasteiger partial charge in [0, 0.05) is 10.0 Å². The number of carboxylic acids is 1. The van der Waals surface area contributed by atoms with Crippen molar-refractivity contribution in [3.05, 3.63) is 69.7 Å². The molecule has 0 aliphatic carbocycles. The van der Waals surface area contributed by atoms with E-state index in [9.17, 15) is 18.3 Å². The molecule has 7 heteroatoms. The highest BCUT2D eigenvalue weighted by Gasteiger charge is 2.31. The van der Waals surface area contributed by atoms with Crippen molar-refractivity contribution in [2.45, 2.75) is 63.0 Å². The van der Waals surface area contributed by atoms with E-state index in [-0.39, 0.29) is 12.2 Å². The van der Waals surface area contributed by atoms with Gasteiger partial charge in [-0.2, -0.15) is 0 Å². The molecule has 1 unspecified atom stereocenters. The summed E-state index contributed by atoms with van der Waals surface area (Å²) >= 11 is 11.7. The van der Waals surface area contributed by atoms with Crippen molar-refractivity contribution < 1.29 is 18.3 Å². The summed E-state index contributed by atoms with van der Waals surface area (Å²) in [6, 6.07) is 15.2. The number of carbonyl (C=O) groups is 1. The SMILES string of the molecule is O=C(O)C(CCCCCc1ccc(Cl)cc1)S(=O)(=O)CCCCCc1ccc(Cl)cc1. The van der Waals surface area contributed by atoms with Gasteiger partial charge in [-0.05, 0) is 73.9 Å². The van der Waals surface area contributed by atoms with Crippen molar-refractivity contribution in [1.29, 1.82) is 0 Å². The summed E-state index contributed by atoms with van der Waals surface area (Å²) in [6.45, 7) is 0. The number of halogens is 2. The van der Waals surface area contributed by atoms with Gasteiger partial charge >= 0.3 is 5.97 Å². The second-order valence-electron chi connectivity index (χ2n) is 7.86. The minimum Gasteiger partial charge on any atom is -0.480 e. The minimum absolute atomic E-state index is 0.0740. The fourth-order valence-corrected chi connectivity index (χ4v) is 5.52. The zero-order valence-corrected chi connectivity index (χ0v) is 19.9. The molecule has 0 aliphatic rings. The topological polar surface area (TPSA) is 71.4 Å². The molecule has 0 radical (unpaired) electrons. The average molecular weight is 485 g/mol. The first-order valence-electron chi connectivity index (χ1n) is 10.7. The summed E-state index contributed by atoms with van der Waals surface area (Å²) in [4.78, 5) is 11.6. The Hall–Kier alpha value is -1.56. The predicted molar refractivity (Wildman–Crippen MR) is 128 cm³/mol. The van der Waals surface area contributed by atoms with Crippen molar-refractivity contribution in [1.82, 2.24) is 0 Å². The highest BCUT2D eigenvalue weighted by atomic mass is 35.5. The van der Waals surface area contributed by atoms with Gasteiger partial charge in [0.1, 0.15) is 0 Å². The molecule has 0 aromatic heterocycles. The van der Waals surface area contributed by atoms with Gasteiger partial charge in [0.15, 0.2) is 15.1 Å². The lowest BCUT2D eigenvalue weighted by Gasteiger charge is -2.13. The molecule has 0 saturated carbocycles. The predicted octanol–water partition coefficient (Wildman–Crippen LogP) is 6.38. The largest absolute Gasteiger partial charge is 0.480 e. The van der Waals surface area contributed by atoms with Crippen LogP contribution in [-0.2, 0) is 27.5 Å². The van der Waals surface area contributed by atoms with Crippen molar-refractivity contribution in [2.24, 2.45) is 0 Å². The Bertz CT molecular complexity index is 910. The van der Waals surface area contributed by atoms with Crippen molar-refractivity contribution in [3.63, 3.8) is 0 Å². The average Bonchev–Trinajstić information content (AvgIpc) is 2.72. The molecule has 1 atom stereocenters. The molecule has 1 N–H and O–H groups in total. The normalized spacial score (nSPS) is 12.6. The van der Waals surface area contributed by atoms with E-state index in [1.54, 1.807) is 0 Å². The zero-order valence-electron chi connectivity index (χ0n) is 17.6. The monoisotopic (exact) mass is 484 g/mol. The zero-order chi connectivity index (χ0) is 22.7. The Kier molecular flexibility index (Phi) is 10.9. The molecule has 4 nitrogen and oxygen atoms in total. The number of hydrogen-bond donors (Lipinski definition) is 1. The van der Waals surface area contributed by atoms with Crippen LogP contribution in [0.5, 0.6) is 0 Å². The van der Waals surface area contributed by atoms with E-state index < -0.39 is 21.1 Å². The second-order valence-corrected chi connectivity index (χ2v) is 11.0. The lowest BCUT2D eigenvalue weighted by Crippen LogP contribution is -2.32. The number of aliphatic carboxylic acids is 1. The lowest BCUT2D eigenvalue weighted by molar-refractivity contribution is -0.136. The fourth-order valence-electron chi connectivity index (χ4n) is 3.55. The van der Waals surface area contributed by atoms with Crippen LogP contribution in [0.1, 0.15) is 56.1 Å². The third kappa shape index (κ3) is 9.63. The fraction of sp³-hybridized carbons (Fsp3) is 0.458. The molecule has 0 heterocycles. The second kappa shape index (κ2) is 13.1. The van der Waals surface area contributed by atoms with Crippen LogP contribution in [-0.4, -0.2) is 30.5 Å². The van der Waals surface area contributed by atoms with E-state index in [0.717, 1.165) is 44.1 Å². The Morgan fingerprint density at radius 2 is 1.19 bits per heavy atom. The molecule has 2 aromatic rings. The third-order valence-electron chi connectivity index (χ3n) is 5.36. The van der Waals surface area contributed by atoms with Crippen LogP contribution in [0.25, 0.3) is 0 Å². The molecule has 0 amide bonds. The molecule has 170 valence electrons. The smallest absolute Gasteiger partial charge is 0.321 e. The number of carboxylic acid groups (broad SMARTS) is 1. The number of benzene rings is 2.